The average Bonchev–Trinajstić information content (AvgIpc) is 2.95. The van der Waals surface area contributed by atoms with Crippen LogP contribution in [-0.2, 0) is 4.79 Å². The maximum atomic E-state index is 12.4. The molecule has 3 amide bonds. The number of carbonyl (C=O) groups excluding carboxylic acids is 2. The van der Waals surface area contributed by atoms with Crippen molar-refractivity contribution in [2.75, 3.05) is 39.3 Å². The lowest BCUT2D eigenvalue weighted by molar-refractivity contribution is -0.138. The van der Waals surface area contributed by atoms with Gasteiger partial charge in [-0.25, -0.2) is 4.79 Å². The van der Waals surface area contributed by atoms with Gasteiger partial charge in [-0.05, 0) is 12.5 Å². The third kappa shape index (κ3) is 1.84. The Kier molecular flexibility index (Phi) is 2.89. The van der Waals surface area contributed by atoms with E-state index in [1.165, 1.54) is 0 Å². The Morgan fingerprint density at radius 3 is 2.83 bits per heavy atom. The number of nitrogens with zero attached hydrogens (tertiary/aromatic N) is 2. The fourth-order valence-electron chi connectivity index (χ4n) is 3.18. The van der Waals surface area contributed by atoms with E-state index >= 15 is 0 Å². The van der Waals surface area contributed by atoms with Crippen LogP contribution in [0.15, 0.2) is 0 Å². The topological polar surface area (TPSA) is 64.7 Å². The van der Waals surface area contributed by atoms with Gasteiger partial charge in [0.15, 0.2) is 0 Å². The van der Waals surface area contributed by atoms with Crippen molar-refractivity contribution in [3.05, 3.63) is 0 Å². The molecule has 0 spiro atoms. The fraction of sp³-hybridized carbons (Fsp3) is 0.833. The highest BCUT2D eigenvalue weighted by molar-refractivity contribution is 5.81. The van der Waals surface area contributed by atoms with Crippen LogP contribution in [0.25, 0.3) is 0 Å². The third-order valence-corrected chi connectivity index (χ3v) is 4.38. The lowest BCUT2D eigenvalue weighted by Gasteiger charge is -2.38. The summed E-state index contributed by atoms with van der Waals surface area (Å²) in [5.41, 5.74) is 0. The van der Waals surface area contributed by atoms with E-state index in [1.807, 2.05) is 9.80 Å². The van der Waals surface area contributed by atoms with E-state index in [0.717, 1.165) is 13.1 Å². The molecule has 0 radical (unpaired) electrons. The van der Waals surface area contributed by atoms with Gasteiger partial charge >= 0.3 is 6.03 Å². The van der Waals surface area contributed by atoms with E-state index in [1.54, 1.807) is 0 Å². The highest BCUT2D eigenvalue weighted by Gasteiger charge is 2.40. The monoisotopic (exact) mass is 252 g/mol. The average molecular weight is 252 g/mol. The molecular formula is C12H20N4O2. The molecule has 3 aliphatic heterocycles. The number of amides is 3. The van der Waals surface area contributed by atoms with Crippen LogP contribution < -0.4 is 10.6 Å². The van der Waals surface area contributed by atoms with Gasteiger partial charge < -0.3 is 20.4 Å². The molecule has 0 saturated carbocycles. The first-order valence-electron chi connectivity index (χ1n) is 6.71. The van der Waals surface area contributed by atoms with E-state index in [9.17, 15) is 9.59 Å². The molecule has 0 aromatic rings. The van der Waals surface area contributed by atoms with Crippen LogP contribution in [0.3, 0.4) is 0 Å². The molecule has 3 fully saturated rings. The number of hydrogen-bond donors (Lipinski definition) is 2. The molecule has 100 valence electrons. The number of carbonyl (C=O) groups is 2. The Morgan fingerprint density at radius 2 is 2.11 bits per heavy atom. The van der Waals surface area contributed by atoms with Gasteiger partial charge in [-0.3, -0.25) is 4.79 Å². The predicted octanol–water partition coefficient (Wildman–Crippen LogP) is -0.922. The Labute approximate surface area is 107 Å². The SMILES string of the molecule is C[C@@H]1CNC[C@H]1C(=O)N1CCN2C(=O)NCC2C1. The van der Waals surface area contributed by atoms with Gasteiger partial charge in [-0.15, -0.1) is 0 Å². The van der Waals surface area contributed by atoms with Crippen molar-refractivity contribution in [2.45, 2.75) is 13.0 Å². The van der Waals surface area contributed by atoms with Crippen molar-refractivity contribution in [2.24, 2.45) is 11.8 Å². The molecule has 0 aromatic heterocycles. The number of piperazine rings is 1. The predicted molar refractivity (Wildman–Crippen MR) is 66.0 cm³/mol. The number of fused-ring (bicyclic) bond motifs is 1. The molecule has 3 saturated heterocycles. The van der Waals surface area contributed by atoms with Gasteiger partial charge in [0.05, 0.1) is 12.0 Å². The molecule has 1 unspecified atom stereocenters. The lowest BCUT2D eigenvalue weighted by Crippen LogP contribution is -2.55. The molecule has 6 nitrogen and oxygen atoms in total. The summed E-state index contributed by atoms with van der Waals surface area (Å²) in [6.45, 7) is 6.53. The van der Waals surface area contributed by atoms with Gasteiger partial charge in [0.25, 0.3) is 0 Å². The van der Waals surface area contributed by atoms with Gasteiger partial charge in [0.1, 0.15) is 0 Å². The van der Waals surface area contributed by atoms with Crippen molar-refractivity contribution in [3.8, 4) is 0 Å². The smallest absolute Gasteiger partial charge is 0.317 e. The minimum absolute atomic E-state index is 0.0167. The highest BCUT2D eigenvalue weighted by Crippen LogP contribution is 2.21. The lowest BCUT2D eigenvalue weighted by atomic mass is 9.96. The summed E-state index contributed by atoms with van der Waals surface area (Å²) >= 11 is 0. The van der Waals surface area contributed by atoms with Gasteiger partial charge in [-0.1, -0.05) is 6.92 Å². The van der Waals surface area contributed by atoms with E-state index in [2.05, 4.69) is 17.6 Å². The molecule has 3 atom stereocenters. The van der Waals surface area contributed by atoms with Crippen LogP contribution in [-0.4, -0.2) is 67.0 Å². The molecule has 2 N–H and O–H groups in total. The van der Waals surface area contributed by atoms with Crippen LogP contribution in [0.1, 0.15) is 6.92 Å². The van der Waals surface area contributed by atoms with E-state index in [-0.39, 0.29) is 23.9 Å². The summed E-state index contributed by atoms with van der Waals surface area (Å²) in [6, 6.07) is 0.183. The first-order chi connectivity index (χ1) is 8.66. The van der Waals surface area contributed by atoms with Crippen molar-refractivity contribution >= 4 is 11.9 Å². The van der Waals surface area contributed by atoms with Crippen LogP contribution in [0.5, 0.6) is 0 Å². The number of rotatable bonds is 1. The molecule has 3 aliphatic rings. The normalized spacial score (nSPS) is 35.6. The zero-order valence-corrected chi connectivity index (χ0v) is 10.7. The fourth-order valence-corrected chi connectivity index (χ4v) is 3.18. The Balaban J connectivity index is 1.64. The maximum Gasteiger partial charge on any atom is 0.317 e. The number of nitrogens with one attached hydrogen (secondary N) is 2. The van der Waals surface area contributed by atoms with E-state index in [0.29, 0.717) is 32.1 Å². The molecule has 3 rings (SSSR count). The van der Waals surface area contributed by atoms with Crippen molar-refractivity contribution in [3.63, 3.8) is 0 Å². The molecule has 0 bridgehead atoms. The zero-order chi connectivity index (χ0) is 12.7. The first-order valence-corrected chi connectivity index (χ1v) is 6.71. The molecule has 18 heavy (non-hydrogen) atoms. The molecule has 0 aromatic carbocycles. The molecular weight excluding hydrogens is 232 g/mol. The summed E-state index contributed by atoms with van der Waals surface area (Å²) in [4.78, 5) is 27.7. The molecule has 3 heterocycles. The van der Waals surface area contributed by atoms with Crippen LogP contribution in [0.2, 0.25) is 0 Å². The second-order valence-electron chi connectivity index (χ2n) is 5.56. The number of urea groups is 1. The summed E-state index contributed by atoms with van der Waals surface area (Å²) in [5, 5.41) is 6.11. The highest BCUT2D eigenvalue weighted by atomic mass is 16.2. The second kappa shape index (κ2) is 4.42. The minimum Gasteiger partial charge on any atom is -0.338 e. The largest absolute Gasteiger partial charge is 0.338 e. The van der Waals surface area contributed by atoms with Gasteiger partial charge in [0.2, 0.25) is 5.91 Å². The van der Waals surface area contributed by atoms with E-state index < -0.39 is 0 Å². The Bertz CT molecular complexity index is 373. The minimum atomic E-state index is 0.0167. The van der Waals surface area contributed by atoms with Crippen LogP contribution in [0, 0.1) is 11.8 Å². The van der Waals surface area contributed by atoms with Crippen molar-refractivity contribution < 1.29 is 9.59 Å². The summed E-state index contributed by atoms with van der Waals surface area (Å²) < 4.78 is 0. The maximum absolute atomic E-state index is 12.4. The summed E-state index contributed by atoms with van der Waals surface area (Å²) in [5.74, 6) is 0.784. The zero-order valence-electron chi connectivity index (χ0n) is 10.7. The van der Waals surface area contributed by atoms with E-state index in [4.69, 9.17) is 0 Å². The third-order valence-electron chi connectivity index (χ3n) is 4.38. The second-order valence-corrected chi connectivity index (χ2v) is 5.56. The molecule has 6 heteroatoms. The van der Waals surface area contributed by atoms with Gasteiger partial charge in [-0.2, -0.15) is 0 Å². The number of hydrogen-bond acceptors (Lipinski definition) is 3. The summed E-state index contributed by atoms with van der Waals surface area (Å²) in [6.07, 6.45) is 0. The van der Waals surface area contributed by atoms with Crippen LogP contribution in [0.4, 0.5) is 4.79 Å². The quantitative estimate of drug-likeness (QED) is 0.634. The Morgan fingerprint density at radius 1 is 1.28 bits per heavy atom. The van der Waals surface area contributed by atoms with Crippen molar-refractivity contribution in [1.82, 2.24) is 20.4 Å². The summed E-state index contributed by atoms with van der Waals surface area (Å²) in [7, 11) is 0. The standard InChI is InChI=1S/C12H20N4O2/c1-8-4-13-6-10(8)11(17)15-2-3-16-9(7-15)5-14-12(16)18/h8-10,13H,2-7H2,1H3,(H,14,18)/t8-,9?,10-/m1/s1. The van der Waals surface area contributed by atoms with Crippen molar-refractivity contribution in [1.29, 1.82) is 0 Å². The van der Waals surface area contributed by atoms with Crippen LogP contribution >= 0.6 is 0 Å². The molecule has 0 aliphatic carbocycles. The van der Waals surface area contributed by atoms with Gasteiger partial charge in [0, 0.05) is 32.7 Å². The Hall–Kier alpha value is -1.30. The first kappa shape index (κ1) is 11.8.